The predicted molar refractivity (Wildman–Crippen MR) is 136 cm³/mol. The highest BCUT2D eigenvalue weighted by Crippen LogP contribution is 2.30. The normalized spacial score (nSPS) is 20.3. The number of nitrogens with zero attached hydrogens (tertiary/aromatic N) is 2. The number of phenolic OH excluding ortho intramolecular Hbond substituents is 1. The zero-order valence-corrected chi connectivity index (χ0v) is 20.8. The van der Waals surface area contributed by atoms with Crippen LogP contribution in [0.5, 0.6) is 5.75 Å². The first-order valence-corrected chi connectivity index (χ1v) is 13.8. The number of halogens is 1. The number of hydrogen-bond donors (Lipinski definition) is 3. The molecule has 1 saturated carbocycles. The van der Waals surface area contributed by atoms with Crippen molar-refractivity contribution in [1.29, 1.82) is 0 Å². The molecule has 0 bridgehead atoms. The fourth-order valence-corrected chi connectivity index (χ4v) is 6.82. The van der Waals surface area contributed by atoms with Crippen LogP contribution in [0.1, 0.15) is 44.1 Å². The molecule has 0 amide bonds. The minimum atomic E-state index is -3.86. The average Bonchev–Trinajstić information content (AvgIpc) is 3.15. The third-order valence-electron chi connectivity index (χ3n) is 6.81. The monoisotopic (exact) mass is 504 g/mol. The van der Waals surface area contributed by atoms with Crippen LogP contribution in [0.4, 0.5) is 0 Å². The summed E-state index contributed by atoms with van der Waals surface area (Å²) >= 11 is 6.20. The van der Waals surface area contributed by atoms with E-state index in [0.29, 0.717) is 31.4 Å². The quantitative estimate of drug-likeness (QED) is 0.480. The maximum atomic E-state index is 13.2. The Balaban J connectivity index is 1.54. The number of aromatic hydroxyl groups is 1. The van der Waals surface area contributed by atoms with Gasteiger partial charge in [0.2, 0.25) is 10.0 Å². The summed E-state index contributed by atoms with van der Waals surface area (Å²) in [6.07, 6.45) is 7.78. The van der Waals surface area contributed by atoms with E-state index in [1.807, 2.05) is 0 Å². The summed E-state index contributed by atoms with van der Waals surface area (Å²) in [6, 6.07) is 12.9. The lowest BCUT2D eigenvalue weighted by molar-refractivity contribution is 0.234. The van der Waals surface area contributed by atoms with Crippen LogP contribution in [0, 0.1) is 5.92 Å². The Morgan fingerprint density at radius 1 is 1.12 bits per heavy atom. The molecule has 1 aliphatic heterocycles. The van der Waals surface area contributed by atoms with Gasteiger partial charge in [0.15, 0.2) is 5.96 Å². The van der Waals surface area contributed by atoms with Gasteiger partial charge in [-0.15, -0.1) is 0 Å². The van der Waals surface area contributed by atoms with E-state index in [1.54, 1.807) is 42.5 Å². The molecule has 9 heteroatoms. The van der Waals surface area contributed by atoms with Gasteiger partial charge >= 0.3 is 0 Å². The Hall–Kier alpha value is -2.29. The second-order valence-electron chi connectivity index (χ2n) is 9.36. The van der Waals surface area contributed by atoms with Crippen molar-refractivity contribution < 1.29 is 13.5 Å². The third-order valence-corrected chi connectivity index (χ3v) is 8.83. The maximum Gasteiger partial charge on any atom is 0.242 e. The van der Waals surface area contributed by atoms with E-state index in [1.165, 1.54) is 38.2 Å². The summed E-state index contributed by atoms with van der Waals surface area (Å²) in [5.74, 6) is 1.30. The molecule has 2 aromatic carbocycles. The number of rotatable bonds is 9. The van der Waals surface area contributed by atoms with Crippen LogP contribution < -0.4 is 10.5 Å². The molecule has 0 radical (unpaired) electrons. The summed E-state index contributed by atoms with van der Waals surface area (Å²) in [5.41, 5.74) is 7.19. The lowest BCUT2D eigenvalue weighted by atomic mass is 9.84. The Morgan fingerprint density at radius 3 is 2.53 bits per heavy atom. The molecule has 1 fully saturated rings. The minimum Gasteiger partial charge on any atom is -0.508 e. The number of aliphatic imine (C=N–C) groups is 1. The molecule has 2 aliphatic rings. The van der Waals surface area contributed by atoms with Crippen molar-refractivity contribution in [3.8, 4) is 5.75 Å². The molecule has 0 saturated heterocycles. The zero-order valence-electron chi connectivity index (χ0n) is 19.2. The van der Waals surface area contributed by atoms with E-state index in [0.717, 1.165) is 12.0 Å². The molecular formula is C25H33ClN4O3S. The van der Waals surface area contributed by atoms with E-state index in [2.05, 4.69) is 14.6 Å². The van der Waals surface area contributed by atoms with Crippen LogP contribution in [0.15, 0.2) is 58.4 Å². The summed E-state index contributed by atoms with van der Waals surface area (Å²) in [4.78, 5) is 6.61. The number of sulfonamides is 1. The van der Waals surface area contributed by atoms with Gasteiger partial charge in [-0.25, -0.2) is 13.1 Å². The number of hydrogen-bond acceptors (Lipinski definition) is 6. The summed E-state index contributed by atoms with van der Waals surface area (Å²) in [7, 11) is -3.86. The highest BCUT2D eigenvalue weighted by Gasteiger charge is 2.32. The fourth-order valence-electron chi connectivity index (χ4n) is 5.07. The topological polar surface area (TPSA) is 108 Å². The molecule has 0 spiro atoms. The van der Waals surface area contributed by atoms with Gasteiger partial charge in [-0.1, -0.05) is 68.0 Å². The van der Waals surface area contributed by atoms with E-state index in [4.69, 9.17) is 17.3 Å². The largest absolute Gasteiger partial charge is 0.508 e. The molecule has 4 rings (SSSR count). The lowest BCUT2D eigenvalue weighted by Gasteiger charge is -2.33. The van der Waals surface area contributed by atoms with Crippen molar-refractivity contribution in [2.24, 2.45) is 16.6 Å². The molecule has 34 heavy (non-hydrogen) atoms. The highest BCUT2D eigenvalue weighted by molar-refractivity contribution is 7.89. The van der Waals surface area contributed by atoms with E-state index in [-0.39, 0.29) is 21.7 Å². The number of benzene rings is 2. The molecule has 2 atom stereocenters. The number of phenols is 1. The molecule has 2 aromatic rings. The molecule has 1 aliphatic carbocycles. The van der Waals surface area contributed by atoms with Gasteiger partial charge in [-0.3, -0.25) is 4.99 Å². The summed E-state index contributed by atoms with van der Waals surface area (Å²) in [6.45, 7) is 1.04. The smallest absolute Gasteiger partial charge is 0.242 e. The average molecular weight is 505 g/mol. The van der Waals surface area contributed by atoms with Gasteiger partial charge in [0.25, 0.3) is 0 Å². The van der Waals surface area contributed by atoms with Gasteiger partial charge in [-0.05, 0) is 48.6 Å². The van der Waals surface area contributed by atoms with Crippen molar-refractivity contribution in [2.45, 2.75) is 61.9 Å². The van der Waals surface area contributed by atoms with Gasteiger partial charge in [0.05, 0.1) is 17.6 Å². The van der Waals surface area contributed by atoms with Gasteiger partial charge in [0.1, 0.15) is 10.6 Å². The lowest BCUT2D eigenvalue weighted by Crippen LogP contribution is -2.51. The molecule has 7 nitrogen and oxygen atoms in total. The van der Waals surface area contributed by atoms with Crippen molar-refractivity contribution >= 4 is 27.6 Å². The predicted octanol–water partition coefficient (Wildman–Crippen LogP) is 3.90. The fraction of sp³-hybridized carbons (Fsp3) is 0.480. The molecular weight excluding hydrogens is 472 g/mol. The molecule has 0 aromatic heterocycles. The van der Waals surface area contributed by atoms with E-state index >= 15 is 0 Å². The molecule has 4 N–H and O–H groups in total. The van der Waals surface area contributed by atoms with Crippen LogP contribution in [0.25, 0.3) is 0 Å². The van der Waals surface area contributed by atoms with Crippen LogP contribution in [0.3, 0.4) is 0 Å². The SMILES string of the molecule is NC1=NC[C@H](CC2CCCCC2)N1C[C@H](Cc1ccc(O)cc1)NS(=O)(=O)c1ccccc1Cl. The van der Waals surface area contributed by atoms with E-state index in [9.17, 15) is 13.5 Å². The molecule has 0 unspecified atom stereocenters. The Labute approximate surface area is 207 Å². The Kier molecular flexibility index (Phi) is 8.01. The van der Waals surface area contributed by atoms with Crippen LogP contribution in [-0.4, -0.2) is 49.6 Å². The van der Waals surface area contributed by atoms with Crippen molar-refractivity contribution in [3.05, 3.63) is 59.1 Å². The van der Waals surface area contributed by atoms with Crippen molar-refractivity contribution in [2.75, 3.05) is 13.1 Å². The second-order valence-corrected chi connectivity index (χ2v) is 11.5. The Bertz CT molecular complexity index is 1100. The summed E-state index contributed by atoms with van der Waals surface area (Å²) < 4.78 is 29.4. The highest BCUT2D eigenvalue weighted by atomic mass is 35.5. The van der Waals surface area contributed by atoms with E-state index < -0.39 is 16.1 Å². The first-order chi connectivity index (χ1) is 16.3. The van der Waals surface area contributed by atoms with Crippen molar-refractivity contribution in [1.82, 2.24) is 9.62 Å². The van der Waals surface area contributed by atoms with Crippen LogP contribution in [-0.2, 0) is 16.4 Å². The van der Waals surface area contributed by atoms with Gasteiger partial charge < -0.3 is 15.7 Å². The standard InChI is InChI=1S/C25H33ClN4O3S/c26-23-8-4-5-9-24(23)34(32,33)29-20(14-19-10-12-22(31)13-11-19)17-30-21(16-28-25(30)27)15-18-6-2-1-3-7-18/h4-5,8-13,18,20-21,29,31H,1-3,6-7,14-17H2,(H2,27,28)/t20-,21-/m0/s1. The first kappa shape index (κ1) is 24.8. The number of guanidine groups is 1. The zero-order chi connectivity index (χ0) is 24.1. The molecule has 184 valence electrons. The molecule has 1 heterocycles. The maximum absolute atomic E-state index is 13.2. The number of nitrogens with one attached hydrogen (secondary N) is 1. The Morgan fingerprint density at radius 2 is 1.82 bits per heavy atom. The second kappa shape index (κ2) is 11.0. The first-order valence-electron chi connectivity index (χ1n) is 11.9. The van der Waals surface area contributed by atoms with Gasteiger partial charge in [0, 0.05) is 12.6 Å². The van der Waals surface area contributed by atoms with Gasteiger partial charge in [-0.2, -0.15) is 0 Å². The third kappa shape index (κ3) is 6.23. The van der Waals surface area contributed by atoms with Crippen LogP contribution >= 0.6 is 11.6 Å². The van der Waals surface area contributed by atoms with Crippen LogP contribution in [0.2, 0.25) is 5.02 Å². The van der Waals surface area contributed by atoms with Crippen molar-refractivity contribution in [3.63, 3.8) is 0 Å². The summed E-state index contributed by atoms with van der Waals surface area (Å²) in [5, 5.41) is 9.82. The minimum absolute atomic E-state index is 0.0502. The number of nitrogens with two attached hydrogens (primary N) is 1.